The highest BCUT2D eigenvalue weighted by Crippen LogP contribution is 2.35. The summed E-state index contributed by atoms with van der Waals surface area (Å²) >= 11 is 0. The van der Waals surface area contributed by atoms with Gasteiger partial charge in [-0.2, -0.15) is 13.2 Å². The highest BCUT2D eigenvalue weighted by molar-refractivity contribution is 5.83. The summed E-state index contributed by atoms with van der Waals surface area (Å²) in [6, 6.07) is 13.7. The van der Waals surface area contributed by atoms with E-state index in [2.05, 4.69) is 16.0 Å². The molecule has 0 radical (unpaired) electrons. The Morgan fingerprint density at radius 3 is 2.38 bits per heavy atom. The second-order valence-electron chi connectivity index (χ2n) is 12.7. The van der Waals surface area contributed by atoms with E-state index in [1.54, 1.807) is 12.1 Å². The third-order valence-electron chi connectivity index (χ3n) is 8.84. The molecule has 0 saturated carbocycles. The summed E-state index contributed by atoms with van der Waals surface area (Å²) in [5.41, 5.74) is 6.06. The standard InChI is InChI=1S/C38H37F7N4O4/c1-21(28-12-10-25(40)17-31(28)38(43,44)45)48-37(51)53-20-26-19-52-27(18-47-26)11-13-29-32(41)3-2-4-34(29)49-35(36(46)50)16-22-5-14-33(42)30(15-22)23-6-8-24(39)9-7-23/h2-10,12,14-15,17,21,26-27,35,47,49H,11,13,16,18-20H2,1H3,(H2,46,50)(H,48,51)/t21-,26+,27-,35+/m1/s1. The Balaban J connectivity index is 1.13. The van der Waals surface area contributed by atoms with Crippen molar-refractivity contribution in [3.05, 3.63) is 124 Å². The van der Waals surface area contributed by atoms with Gasteiger partial charge in [-0.25, -0.2) is 22.4 Å². The molecular formula is C38H37F7N4O4. The van der Waals surface area contributed by atoms with E-state index in [4.69, 9.17) is 15.2 Å². The summed E-state index contributed by atoms with van der Waals surface area (Å²) in [5, 5.41) is 8.53. The van der Waals surface area contributed by atoms with Crippen LogP contribution in [0.3, 0.4) is 0 Å². The maximum atomic E-state index is 15.1. The summed E-state index contributed by atoms with van der Waals surface area (Å²) in [6.45, 7) is 1.60. The molecule has 2 amide bonds. The number of amides is 2. The number of benzene rings is 4. The van der Waals surface area contributed by atoms with E-state index in [1.165, 1.54) is 55.5 Å². The van der Waals surface area contributed by atoms with Crippen molar-refractivity contribution in [2.75, 3.05) is 25.1 Å². The first-order chi connectivity index (χ1) is 25.2. The van der Waals surface area contributed by atoms with Crippen molar-refractivity contribution >= 4 is 17.7 Å². The van der Waals surface area contributed by atoms with E-state index < -0.39 is 65.1 Å². The molecule has 8 nitrogen and oxygen atoms in total. The number of nitrogens with two attached hydrogens (primary N) is 1. The number of primary amides is 1. The van der Waals surface area contributed by atoms with Gasteiger partial charge in [-0.3, -0.25) is 4.79 Å². The van der Waals surface area contributed by atoms with E-state index in [0.717, 1.165) is 12.1 Å². The fourth-order valence-electron chi connectivity index (χ4n) is 6.03. The molecule has 4 aromatic rings. The average molecular weight is 747 g/mol. The summed E-state index contributed by atoms with van der Waals surface area (Å²) in [7, 11) is 0. The smallest absolute Gasteiger partial charge is 0.416 e. The third kappa shape index (κ3) is 10.5. The average Bonchev–Trinajstić information content (AvgIpc) is 3.11. The van der Waals surface area contributed by atoms with Crippen molar-refractivity contribution in [1.29, 1.82) is 0 Å². The maximum Gasteiger partial charge on any atom is 0.416 e. The molecule has 0 bridgehead atoms. The fourth-order valence-corrected chi connectivity index (χ4v) is 6.03. The molecule has 1 fully saturated rings. The van der Waals surface area contributed by atoms with Gasteiger partial charge in [0, 0.05) is 29.8 Å². The number of halogens is 7. The van der Waals surface area contributed by atoms with E-state index >= 15 is 4.39 Å². The number of hydrogen-bond donors (Lipinski definition) is 4. The van der Waals surface area contributed by atoms with Gasteiger partial charge in [0.15, 0.2) is 0 Å². The first kappa shape index (κ1) is 39.1. The van der Waals surface area contributed by atoms with Crippen LogP contribution in [-0.2, 0) is 33.3 Å². The zero-order valence-electron chi connectivity index (χ0n) is 28.4. The molecule has 0 spiro atoms. The van der Waals surface area contributed by atoms with Crippen LogP contribution in [0.25, 0.3) is 11.1 Å². The highest BCUT2D eigenvalue weighted by atomic mass is 19.4. The van der Waals surface area contributed by atoms with Crippen molar-refractivity contribution < 1.29 is 49.8 Å². The predicted molar refractivity (Wildman–Crippen MR) is 183 cm³/mol. The first-order valence-electron chi connectivity index (χ1n) is 16.7. The van der Waals surface area contributed by atoms with Gasteiger partial charge in [0.2, 0.25) is 5.91 Å². The molecule has 282 valence electrons. The Bertz CT molecular complexity index is 1900. The highest BCUT2D eigenvalue weighted by Gasteiger charge is 2.35. The van der Waals surface area contributed by atoms with Gasteiger partial charge in [-0.05, 0) is 85.0 Å². The lowest BCUT2D eigenvalue weighted by Crippen LogP contribution is -2.49. The number of anilines is 1. The molecule has 5 rings (SSSR count). The van der Waals surface area contributed by atoms with Crippen LogP contribution in [0.1, 0.15) is 41.6 Å². The summed E-state index contributed by atoms with van der Waals surface area (Å²) in [5.74, 6) is -3.29. The molecule has 0 aliphatic carbocycles. The van der Waals surface area contributed by atoms with E-state index in [0.29, 0.717) is 41.4 Å². The van der Waals surface area contributed by atoms with Crippen LogP contribution >= 0.6 is 0 Å². The SMILES string of the molecule is C[C@@H](NC(=O)OC[C@@H]1CO[C@H](CCc2c(F)cccc2N[C@@H](Cc2ccc(F)c(-c3ccc(F)cc3)c2)C(N)=O)CN1)c1ccc(F)cc1C(F)(F)F. The summed E-state index contributed by atoms with van der Waals surface area (Å²) < 4.78 is 108. The molecule has 53 heavy (non-hydrogen) atoms. The van der Waals surface area contributed by atoms with Crippen LogP contribution in [0.5, 0.6) is 0 Å². The minimum absolute atomic E-state index is 0.0522. The lowest BCUT2D eigenvalue weighted by atomic mass is 9.97. The van der Waals surface area contributed by atoms with Gasteiger partial charge < -0.3 is 31.2 Å². The van der Waals surface area contributed by atoms with Gasteiger partial charge in [-0.1, -0.05) is 30.3 Å². The Hall–Kier alpha value is -5.15. The van der Waals surface area contributed by atoms with Gasteiger partial charge in [-0.15, -0.1) is 0 Å². The van der Waals surface area contributed by atoms with Crippen LogP contribution in [0, 0.1) is 23.3 Å². The topological polar surface area (TPSA) is 115 Å². The number of carbonyl (C=O) groups excluding carboxylic acids is 2. The van der Waals surface area contributed by atoms with Crippen LogP contribution < -0.4 is 21.7 Å². The zero-order valence-corrected chi connectivity index (χ0v) is 28.4. The van der Waals surface area contributed by atoms with E-state index in [1.807, 2.05) is 0 Å². The molecule has 4 atom stereocenters. The Morgan fingerprint density at radius 2 is 1.70 bits per heavy atom. The summed E-state index contributed by atoms with van der Waals surface area (Å²) in [4.78, 5) is 24.9. The molecule has 1 heterocycles. The largest absolute Gasteiger partial charge is 0.448 e. The number of morpholine rings is 1. The number of alkyl carbamates (subject to hydrolysis) is 1. The van der Waals surface area contributed by atoms with E-state index in [9.17, 15) is 35.9 Å². The lowest BCUT2D eigenvalue weighted by Gasteiger charge is -2.30. The number of nitrogens with one attached hydrogen (secondary N) is 3. The molecule has 1 aliphatic rings. The van der Waals surface area contributed by atoms with Crippen LogP contribution in [-0.4, -0.2) is 49.9 Å². The molecule has 15 heteroatoms. The van der Waals surface area contributed by atoms with Gasteiger partial charge in [0.05, 0.1) is 30.4 Å². The lowest BCUT2D eigenvalue weighted by molar-refractivity contribution is -0.138. The number of alkyl halides is 3. The fraction of sp³-hybridized carbons (Fsp3) is 0.316. The maximum absolute atomic E-state index is 15.1. The zero-order chi connectivity index (χ0) is 38.3. The monoisotopic (exact) mass is 746 g/mol. The molecular weight excluding hydrogens is 709 g/mol. The van der Waals surface area contributed by atoms with Crippen molar-refractivity contribution in [3.8, 4) is 11.1 Å². The van der Waals surface area contributed by atoms with Crippen molar-refractivity contribution in [1.82, 2.24) is 10.6 Å². The minimum Gasteiger partial charge on any atom is -0.448 e. The number of hydrogen-bond acceptors (Lipinski definition) is 6. The van der Waals surface area contributed by atoms with Crippen molar-refractivity contribution in [3.63, 3.8) is 0 Å². The van der Waals surface area contributed by atoms with Gasteiger partial charge >= 0.3 is 12.3 Å². The minimum atomic E-state index is -4.82. The molecule has 0 aromatic heterocycles. The number of rotatable bonds is 13. The van der Waals surface area contributed by atoms with Gasteiger partial charge in [0.1, 0.15) is 35.9 Å². The predicted octanol–water partition coefficient (Wildman–Crippen LogP) is 7.21. The number of ether oxygens (including phenoxy) is 2. The van der Waals surface area contributed by atoms with Crippen LogP contribution in [0.2, 0.25) is 0 Å². The Kier molecular flexibility index (Phi) is 12.6. The molecule has 1 aliphatic heterocycles. The Labute approximate surface area is 300 Å². The number of carbonyl (C=O) groups is 2. The van der Waals surface area contributed by atoms with Gasteiger partial charge in [0.25, 0.3) is 0 Å². The normalized spacial score (nSPS) is 17.1. The third-order valence-corrected chi connectivity index (χ3v) is 8.84. The molecule has 4 aromatic carbocycles. The quantitative estimate of drug-likeness (QED) is 0.108. The molecule has 5 N–H and O–H groups in total. The van der Waals surface area contributed by atoms with Crippen LogP contribution in [0.15, 0.2) is 78.9 Å². The van der Waals surface area contributed by atoms with Crippen LogP contribution in [0.4, 0.5) is 41.2 Å². The second-order valence-corrected chi connectivity index (χ2v) is 12.7. The van der Waals surface area contributed by atoms with Crippen molar-refractivity contribution in [2.45, 2.75) is 56.6 Å². The summed E-state index contributed by atoms with van der Waals surface area (Å²) in [6.07, 6.45) is -5.52. The van der Waals surface area contributed by atoms with E-state index in [-0.39, 0.29) is 43.3 Å². The second kappa shape index (κ2) is 17.1. The molecule has 1 saturated heterocycles. The molecule has 0 unspecified atom stereocenters. The first-order valence-corrected chi connectivity index (χ1v) is 16.7. The Morgan fingerprint density at radius 1 is 0.962 bits per heavy atom. The van der Waals surface area contributed by atoms with Crippen molar-refractivity contribution in [2.24, 2.45) is 5.73 Å².